The van der Waals surface area contributed by atoms with Crippen LogP contribution < -0.4 is 10.1 Å². The van der Waals surface area contributed by atoms with Gasteiger partial charge in [-0.15, -0.1) is 11.8 Å². The van der Waals surface area contributed by atoms with Crippen molar-refractivity contribution in [1.82, 2.24) is 0 Å². The normalized spacial score (nSPS) is 10.5. The smallest absolute Gasteiger partial charge is 0.255 e. The van der Waals surface area contributed by atoms with Crippen molar-refractivity contribution in [3.63, 3.8) is 0 Å². The van der Waals surface area contributed by atoms with Crippen LogP contribution in [0.4, 0.5) is 5.69 Å². The molecule has 4 nitrogen and oxygen atoms in total. The van der Waals surface area contributed by atoms with Crippen molar-refractivity contribution in [2.24, 2.45) is 0 Å². The molecule has 0 spiro atoms. The van der Waals surface area contributed by atoms with Gasteiger partial charge in [-0.1, -0.05) is 60.7 Å². The van der Waals surface area contributed by atoms with Crippen molar-refractivity contribution < 1.29 is 14.3 Å². The van der Waals surface area contributed by atoms with Gasteiger partial charge in [-0.2, -0.15) is 0 Å². The highest BCUT2D eigenvalue weighted by atomic mass is 32.2. The monoisotopic (exact) mass is 453 g/mol. The summed E-state index contributed by atoms with van der Waals surface area (Å²) in [7, 11) is 1.57. The highest BCUT2D eigenvalue weighted by Gasteiger charge is 2.09. The average Bonchev–Trinajstić information content (AvgIpc) is 2.88. The molecule has 1 N–H and O–H groups in total. The van der Waals surface area contributed by atoms with Gasteiger partial charge >= 0.3 is 0 Å². The number of methoxy groups -OCH3 is 1. The van der Waals surface area contributed by atoms with E-state index in [2.05, 4.69) is 17.4 Å². The number of hydrogen-bond donors (Lipinski definition) is 1. The predicted octanol–water partition coefficient (Wildman–Crippen LogP) is 6.59. The fourth-order valence-electron chi connectivity index (χ4n) is 3.31. The van der Waals surface area contributed by atoms with Crippen molar-refractivity contribution in [3.05, 3.63) is 114 Å². The van der Waals surface area contributed by atoms with Gasteiger partial charge in [0.25, 0.3) is 5.91 Å². The highest BCUT2D eigenvalue weighted by Crippen LogP contribution is 2.24. The molecule has 0 atom stereocenters. The topological polar surface area (TPSA) is 55.4 Å². The van der Waals surface area contributed by atoms with Gasteiger partial charge in [0.2, 0.25) is 0 Å². The maximum Gasteiger partial charge on any atom is 0.255 e. The molecule has 0 radical (unpaired) electrons. The zero-order valence-electron chi connectivity index (χ0n) is 18.2. The number of ketones is 1. The molecule has 4 aromatic carbocycles. The first-order valence-electron chi connectivity index (χ1n) is 10.5. The minimum Gasteiger partial charge on any atom is -0.497 e. The van der Waals surface area contributed by atoms with Crippen molar-refractivity contribution in [1.29, 1.82) is 0 Å². The van der Waals surface area contributed by atoms with Crippen LogP contribution in [0.3, 0.4) is 0 Å². The number of anilines is 1. The lowest BCUT2D eigenvalue weighted by atomic mass is 10.0. The summed E-state index contributed by atoms with van der Waals surface area (Å²) in [5.41, 5.74) is 4.13. The number of carbonyl (C=O) groups excluding carboxylic acids is 2. The molecule has 0 aromatic heterocycles. The fourth-order valence-corrected chi connectivity index (χ4v) is 4.11. The fraction of sp³-hybridized carbons (Fsp3) is 0.0714. The molecule has 0 aliphatic carbocycles. The Morgan fingerprint density at radius 1 is 0.758 bits per heavy atom. The van der Waals surface area contributed by atoms with Gasteiger partial charge in [-0.3, -0.25) is 9.59 Å². The van der Waals surface area contributed by atoms with Crippen LogP contribution in [0, 0.1) is 0 Å². The third-order valence-corrected chi connectivity index (χ3v) is 6.14. The number of amides is 1. The predicted molar refractivity (Wildman–Crippen MR) is 134 cm³/mol. The summed E-state index contributed by atoms with van der Waals surface area (Å²) in [5, 5.41) is 2.88. The second-order valence-corrected chi connectivity index (χ2v) is 8.41. The Morgan fingerprint density at radius 2 is 1.45 bits per heavy atom. The number of hydrogen-bond acceptors (Lipinski definition) is 4. The minimum absolute atomic E-state index is 0.0787. The van der Waals surface area contributed by atoms with E-state index < -0.39 is 0 Å². The number of thioether (sulfide) groups is 1. The molecular weight excluding hydrogens is 430 g/mol. The molecule has 33 heavy (non-hydrogen) atoms. The first-order chi connectivity index (χ1) is 16.1. The third kappa shape index (κ3) is 5.90. The van der Waals surface area contributed by atoms with Gasteiger partial charge < -0.3 is 10.1 Å². The Morgan fingerprint density at radius 3 is 2.15 bits per heavy atom. The Hall–Kier alpha value is -3.83. The molecule has 4 aromatic rings. The standard InChI is InChI=1S/C28H23NO3S/c1-32-25-9-5-8-23(18-25)28(31)29-24-14-16-26(17-15-24)33-19-27(30)22-12-10-21(11-13-22)20-6-3-2-4-7-20/h2-18H,19H2,1H3,(H,29,31). The van der Waals surface area contributed by atoms with Gasteiger partial charge in [0.05, 0.1) is 12.9 Å². The van der Waals surface area contributed by atoms with Crippen LogP contribution in [-0.4, -0.2) is 24.6 Å². The lowest BCUT2D eigenvalue weighted by molar-refractivity contribution is 0.101. The highest BCUT2D eigenvalue weighted by molar-refractivity contribution is 8.00. The van der Waals surface area contributed by atoms with Crippen LogP contribution in [0.15, 0.2) is 108 Å². The van der Waals surface area contributed by atoms with Crippen molar-refractivity contribution in [3.8, 4) is 16.9 Å². The van der Waals surface area contributed by atoms with Crippen LogP contribution in [0.5, 0.6) is 5.75 Å². The molecule has 0 saturated heterocycles. The van der Waals surface area contributed by atoms with Crippen LogP contribution >= 0.6 is 11.8 Å². The molecule has 1 amide bonds. The van der Waals surface area contributed by atoms with E-state index in [1.807, 2.05) is 66.7 Å². The number of nitrogens with one attached hydrogen (secondary N) is 1. The maximum atomic E-state index is 12.6. The van der Waals surface area contributed by atoms with Crippen molar-refractivity contribution >= 4 is 29.1 Å². The lowest BCUT2D eigenvalue weighted by Crippen LogP contribution is -2.11. The summed E-state index contributed by atoms with van der Waals surface area (Å²) in [5.74, 6) is 0.854. The molecule has 0 saturated carbocycles. The summed E-state index contributed by atoms with van der Waals surface area (Å²) in [6, 6.07) is 32.3. The van der Waals surface area contributed by atoms with E-state index in [1.165, 1.54) is 11.8 Å². The first-order valence-corrected chi connectivity index (χ1v) is 11.5. The van der Waals surface area contributed by atoms with E-state index in [-0.39, 0.29) is 11.7 Å². The molecule has 0 bridgehead atoms. The number of benzene rings is 4. The van der Waals surface area contributed by atoms with E-state index in [9.17, 15) is 9.59 Å². The molecule has 4 rings (SSSR count). The van der Waals surface area contributed by atoms with E-state index in [0.717, 1.165) is 16.0 Å². The van der Waals surface area contributed by atoms with Crippen LogP contribution in [0.2, 0.25) is 0 Å². The quantitative estimate of drug-likeness (QED) is 0.242. The molecular formula is C28H23NO3S. The maximum absolute atomic E-state index is 12.6. The molecule has 0 aliphatic heterocycles. The van der Waals surface area contributed by atoms with Crippen molar-refractivity contribution in [2.45, 2.75) is 4.90 Å². The first kappa shape index (κ1) is 22.4. The van der Waals surface area contributed by atoms with E-state index >= 15 is 0 Å². The van der Waals surface area contributed by atoms with E-state index in [1.54, 1.807) is 31.4 Å². The Labute approximate surface area is 197 Å². The Balaban J connectivity index is 1.31. The Kier molecular flexibility index (Phi) is 7.22. The zero-order chi connectivity index (χ0) is 23.0. The van der Waals surface area contributed by atoms with Gasteiger partial charge in [-0.05, 0) is 53.6 Å². The Bertz CT molecular complexity index is 1240. The SMILES string of the molecule is COc1cccc(C(=O)Nc2ccc(SCC(=O)c3ccc(-c4ccccc4)cc3)cc2)c1. The van der Waals surface area contributed by atoms with Gasteiger partial charge in [0.15, 0.2) is 5.78 Å². The van der Waals surface area contributed by atoms with Crippen LogP contribution in [0.25, 0.3) is 11.1 Å². The lowest BCUT2D eigenvalue weighted by Gasteiger charge is -2.08. The zero-order valence-corrected chi connectivity index (χ0v) is 19.0. The summed E-state index contributed by atoms with van der Waals surface area (Å²) >= 11 is 1.47. The summed E-state index contributed by atoms with van der Waals surface area (Å²) in [4.78, 5) is 26.0. The summed E-state index contributed by atoms with van der Waals surface area (Å²) in [6.45, 7) is 0. The van der Waals surface area contributed by atoms with Crippen LogP contribution in [-0.2, 0) is 0 Å². The molecule has 0 unspecified atom stereocenters. The van der Waals surface area contributed by atoms with Gasteiger partial charge in [0, 0.05) is 21.7 Å². The second kappa shape index (κ2) is 10.7. The summed E-state index contributed by atoms with van der Waals surface area (Å²) in [6.07, 6.45) is 0. The molecule has 164 valence electrons. The number of carbonyl (C=O) groups is 2. The van der Waals surface area contributed by atoms with Gasteiger partial charge in [0.1, 0.15) is 5.75 Å². The second-order valence-electron chi connectivity index (χ2n) is 7.37. The van der Waals surface area contributed by atoms with E-state index in [0.29, 0.717) is 28.3 Å². The largest absolute Gasteiger partial charge is 0.497 e. The third-order valence-electron chi connectivity index (χ3n) is 5.13. The minimum atomic E-state index is -0.205. The molecule has 5 heteroatoms. The average molecular weight is 454 g/mol. The number of rotatable bonds is 8. The number of ether oxygens (including phenoxy) is 1. The van der Waals surface area contributed by atoms with Gasteiger partial charge in [-0.25, -0.2) is 0 Å². The molecule has 0 heterocycles. The molecule has 0 aliphatic rings. The summed E-state index contributed by atoms with van der Waals surface area (Å²) < 4.78 is 5.16. The molecule has 0 fully saturated rings. The van der Waals surface area contributed by atoms with Crippen molar-refractivity contribution in [2.75, 3.05) is 18.2 Å². The van der Waals surface area contributed by atoms with E-state index in [4.69, 9.17) is 4.74 Å². The van der Waals surface area contributed by atoms with Crippen LogP contribution in [0.1, 0.15) is 20.7 Å². The number of Topliss-reactive ketones (excluding diaryl/α,β-unsaturated/α-hetero) is 1.